The largest absolute Gasteiger partial charge is 0.450 e. The van der Waals surface area contributed by atoms with Crippen LogP contribution in [0.5, 0.6) is 0 Å². The molecule has 0 saturated carbocycles. The lowest BCUT2D eigenvalue weighted by atomic mass is 10.1. The van der Waals surface area contributed by atoms with Crippen LogP contribution in [0, 0.1) is 0 Å². The quantitative estimate of drug-likeness (QED) is 0.726. The Labute approximate surface area is 128 Å². The maximum atomic E-state index is 12.6. The zero-order chi connectivity index (χ0) is 15.3. The number of hydrogen-bond acceptors (Lipinski definition) is 6. The predicted molar refractivity (Wildman–Crippen MR) is 80.1 cm³/mol. The van der Waals surface area contributed by atoms with Gasteiger partial charge < -0.3 is 9.64 Å². The maximum Gasteiger partial charge on any atom is 0.410 e. The zero-order valence-corrected chi connectivity index (χ0v) is 12.6. The van der Waals surface area contributed by atoms with Gasteiger partial charge in [0.05, 0.1) is 18.5 Å². The summed E-state index contributed by atoms with van der Waals surface area (Å²) in [6.07, 6.45) is 1.75. The first-order chi connectivity index (χ1) is 10.7. The van der Waals surface area contributed by atoms with Crippen molar-refractivity contribution in [2.45, 2.75) is 19.9 Å². The number of rotatable bonds is 1. The molecule has 8 nitrogen and oxygen atoms in total. The molecule has 0 bridgehead atoms. The van der Waals surface area contributed by atoms with Crippen LogP contribution in [0.4, 0.5) is 4.79 Å². The second-order valence-corrected chi connectivity index (χ2v) is 6.10. The van der Waals surface area contributed by atoms with Crippen LogP contribution in [0.1, 0.15) is 17.4 Å². The fourth-order valence-electron chi connectivity index (χ4n) is 2.76. The van der Waals surface area contributed by atoms with Crippen molar-refractivity contribution in [2.75, 3.05) is 13.2 Å². The third-order valence-electron chi connectivity index (χ3n) is 3.77. The topological polar surface area (TPSA) is 92.6 Å². The lowest BCUT2D eigenvalue weighted by molar-refractivity contribution is 0.103. The fourth-order valence-corrected chi connectivity index (χ4v) is 3.98. The standard InChI is InChI=1S/C13H13N5O3S/c1-2-21-13(20)17-4-3-7-8(5-17)22-10-9(7)11(19)18-6-14-16-12(18)15-10/h6H,2-5H2,1H3,(H,15,16). The van der Waals surface area contributed by atoms with Gasteiger partial charge in [-0.2, -0.15) is 5.10 Å². The van der Waals surface area contributed by atoms with Crippen molar-refractivity contribution >= 4 is 33.4 Å². The van der Waals surface area contributed by atoms with Crippen molar-refractivity contribution in [3.63, 3.8) is 0 Å². The highest BCUT2D eigenvalue weighted by Gasteiger charge is 2.27. The highest BCUT2D eigenvalue weighted by atomic mass is 32.1. The van der Waals surface area contributed by atoms with Gasteiger partial charge in [0.25, 0.3) is 5.56 Å². The number of aromatic amines is 1. The smallest absolute Gasteiger partial charge is 0.410 e. The molecule has 0 saturated heterocycles. The Morgan fingerprint density at radius 2 is 2.41 bits per heavy atom. The van der Waals surface area contributed by atoms with E-state index in [4.69, 9.17) is 4.74 Å². The molecule has 0 radical (unpaired) electrons. The van der Waals surface area contributed by atoms with E-state index in [1.165, 1.54) is 22.1 Å². The SMILES string of the molecule is CCOC(=O)N1CCc2c(sc3nc4[nH]ncn4c(=O)c23)C1. The first kappa shape index (κ1) is 13.3. The van der Waals surface area contributed by atoms with Gasteiger partial charge in [0.1, 0.15) is 11.2 Å². The number of amides is 1. The third kappa shape index (κ3) is 1.82. The number of fused-ring (bicyclic) bond motifs is 4. The Kier molecular flexibility index (Phi) is 2.89. The number of H-pyrrole nitrogens is 1. The Bertz CT molecular complexity index is 940. The normalized spacial score (nSPS) is 14.5. The van der Waals surface area contributed by atoms with Crippen LogP contribution in [0.2, 0.25) is 0 Å². The molecule has 0 aromatic carbocycles. The number of aromatic nitrogens is 4. The molecule has 4 heterocycles. The lowest BCUT2D eigenvalue weighted by Crippen LogP contribution is -2.36. The van der Waals surface area contributed by atoms with Crippen molar-refractivity contribution in [1.29, 1.82) is 0 Å². The van der Waals surface area contributed by atoms with Crippen molar-refractivity contribution in [1.82, 2.24) is 24.5 Å². The predicted octanol–water partition coefficient (Wildman–Crippen LogP) is 1.15. The highest BCUT2D eigenvalue weighted by molar-refractivity contribution is 7.18. The van der Waals surface area contributed by atoms with E-state index in [0.29, 0.717) is 42.1 Å². The molecule has 22 heavy (non-hydrogen) atoms. The van der Waals surface area contributed by atoms with Gasteiger partial charge >= 0.3 is 6.09 Å². The molecule has 1 amide bonds. The number of ether oxygens (including phenoxy) is 1. The number of carbonyl (C=O) groups excluding carboxylic acids is 1. The molecule has 0 unspecified atom stereocenters. The second kappa shape index (κ2) is 4.80. The van der Waals surface area contributed by atoms with Crippen molar-refractivity contribution in [3.05, 3.63) is 27.1 Å². The maximum absolute atomic E-state index is 12.6. The lowest BCUT2D eigenvalue weighted by Gasteiger charge is -2.25. The summed E-state index contributed by atoms with van der Waals surface area (Å²) in [7, 11) is 0. The zero-order valence-electron chi connectivity index (χ0n) is 11.8. The minimum atomic E-state index is -0.313. The average Bonchev–Trinajstić information content (AvgIpc) is 3.10. The van der Waals surface area contributed by atoms with E-state index in [1.807, 2.05) is 0 Å². The molecule has 1 aliphatic rings. The molecule has 0 spiro atoms. The molecule has 3 aromatic rings. The molecule has 1 aliphatic heterocycles. The van der Waals surface area contributed by atoms with E-state index >= 15 is 0 Å². The minimum absolute atomic E-state index is 0.115. The molecule has 9 heteroatoms. The monoisotopic (exact) mass is 319 g/mol. The Balaban J connectivity index is 1.83. The van der Waals surface area contributed by atoms with E-state index in [2.05, 4.69) is 15.2 Å². The number of thiophene rings is 1. The number of nitrogens with zero attached hydrogens (tertiary/aromatic N) is 4. The summed E-state index contributed by atoms with van der Waals surface area (Å²) < 4.78 is 6.45. The summed E-state index contributed by atoms with van der Waals surface area (Å²) in [4.78, 5) is 32.2. The third-order valence-corrected chi connectivity index (χ3v) is 4.88. The van der Waals surface area contributed by atoms with Crippen LogP contribution in [0.15, 0.2) is 11.1 Å². The van der Waals surface area contributed by atoms with E-state index in [9.17, 15) is 9.59 Å². The van der Waals surface area contributed by atoms with E-state index in [1.54, 1.807) is 11.8 Å². The van der Waals surface area contributed by atoms with Gasteiger partial charge in [-0.15, -0.1) is 11.3 Å². The van der Waals surface area contributed by atoms with E-state index in [0.717, 1.165) is 10.4 Å². The summed E-state index contributed by atoms with van der Waals surface area (Å²) >= 11 is 1.45. The summed E-state index contributed by atoms with van der Waals surface area (Å²) in [5.41, 5.74) is 0.879. The van der Waals surface area contributed by atoms with E-state index in [-0.39, 0.29) is 11.7 Å². The van der Waals surface area contributed by atoms with Crippen molar-refractivity contribution < 1.29 is 9.53 Å². The molecule has 1 N–H and O–H groups in total. The summed E-state index contributed by atoms with van der Waals surface area (Å²) in [5.74, 6) is 0.429. The van der Waals surface area contributed by atoms with Crippen LogP contribution >= 0.6 is 11.3 Å². The summed E-state index contributed by atoms with van der Waals surface area (Å²) in [6, 6.07) is 0. The van der Waals surface area contributed by atoms with Gasteiger partial charge in [-0.25, -0.2) is 19.3 Å². The molecule has 3 aromatic heterocycles. The molecule has 0 aliphatic carbocycles. The summed E-state index contributed by atoms with van der Waals surface area (Å²) in [5, 5.41) is 7.18. The van der Waals surface area contributed by atoms with Crippen LogP contribution < -0.4 is 5.56 Å². The average molecular weight is 319 g/mol. The number of hydrogen-bond donors (Lipinski definition) is 1. The van der Waals surface area contributed by atoms with Gasteiger partial charge in [-0.1, -0.05) is 0 Å². The number of carbonyl (C=O) groups is 1. The fraction of sp³-hybridized carbons (Fsp3) is 0.385. The molecule has 0 fully saturated rings. The molecular formula is C13H13N5O3S. The van der Waals surface area contributed by atoms with E-state index < -0.39 is 0 Å². The molecular weight excluding hydrogens is 306 g/mol. The number of nitrogens with one attached hydrogen (secondary N) is 1. The molecule has 4 rings (SSSR count). The molecule has 0 atom stereocenters. The van der Waals surface area contributed by atoms with Crippen molar-refractivity contribution in [2.24, 2.45) is 0 Å². The second-order valence-electron chi connectivity index (χ2n) is 5.02. The molecule has 114 valence electrons. The highest BCUT2D eigenvalue weighted by Crippen LogP contribution is 2.32. The minimum Gasteiger partial charge on any atom is -0.450 e. The van der Waals surface area contributed by atoms with Crippen LogP contribution in [0.25, 0.3) is 16.0 Å². The Hall–Kier alpha value is -2.42. The first-order valence-electron chi connectivity index (χ1n) is 6.96. The first-order valence-corrected chi connectivity index (χ1v) is 7.78. The van der Waals surface area contributed by atoms with Crippen LogP contribution in [-0.4, -0.2) is 43.7 Å². The Morgan fingerprint density at radius 3 is 3.23 bits per heavy atom. The van der Waals surface area contributed by atoms with Gasteiger partial charge in [0.15, 0.2) is 0 Å². The van der Waals surface area contributed by atoms with Gasteiger partial charge in [-0.3, -0.25) is 4.79 Å². The Morgan fingerprint density at radius 1 is 1.55 bits per heavy atom. The van der Waals surface area contributed by atoms with Crippen molar-refractivity contribution in [3.8, 4) is 0 Å². The van der Waals surface area contributed by atoms with Gasteiger partial charge in [-0.05, 0) is 18.9 Å². The van der Waals surface area contributed by atoms with Crippen LogP contribution in [0.3, 0.4) is 0 Å². The van der Waals surface area contributed by atoms with Gasteiger partial charge in [0, 0.05) is 11.4 Å². The summed E-state index contributed by atoms with van der Waals surface area (Å²) in [6.45, 7) is 3.15. The van der Waals surface area contributed by atoms with Crippen LogP contribution in [-0.2, 0) is 17.7 Å². The van der Waals surface area contributed by atoms with Gasteiger partial charge in [0.2, 0.25) is 5.78 Å².